The molecule has 1 aliphatic carbocycles. The van der Waals surface area contributed by atoms with Gasteiger partial charge in [0.25, 0.3) is 0 Å². The van der Waals surface area contributed by atoms with E-state index in [1.165, 1.54) is 0 Å². The molecule has 1 aliphatic rings. The molecule has 0 aromatic heterocycles. The molecule has 0 unspecified atom stereocenters. The predicted octanol–water partition coefficient (Wildman–Crippen LogP) is 3.26. The van der Waals surface area contributed by atoms with Crippen LogP contribution in [0.5, 0.6) is 0 Å². The summed E-state index contributed by atoms with van der Waals surface area (Å²) < 4.78 is 27.6. The number of sulfonamides is 1. The van der Waals surface area contributed by atoms with Crippen LogP contribution in [0.1, 0.15) is 51.0 Å². The Balaban J connectivity index is 1.99. The first-order valence-electron chi connectivity index (χ1n) is 7.93. The van der Waals surface area contributed by atoms with E-state index in [4.69, 9.17) is 0 Å². The average molecular weight is 310 g/mol. The van der Waals surface area contributed by atoms with Gasteiger partial charge in [-0.2, -0.15) is 0 Å². The number of rotatable bonds is 7. The standard InChI is InChI=1S/C16H26N2O2S/c1-2-11-17-13-14-7-6-8-15(12-14)18-21(19,20)16-9-4-3-5-10-16/h6-8,12,16-18H,2-5,9-11,13H2,1H3. The maximum absolute atomic E-state index is 12.4. The van der Waals surface area contributed by atoms with Crippen LogP contribution in [0.2, 0.25) is 0 Å². The van der Waals surface area contributed by atoms with E-state index in [1.807, 2.05) is 24.3 Å². The summed E-state index contributed by atoms with van der Waals surface area (Å²) in [4.78, 5) is 0. The molecule has 0 heterocycles. The van der Waals surface area contributed by atoms with Crippen molar-refractivity contribution in [2.24, 2.45) is 0 Å². The molecule has 4 nitrogen and oxygen atoms in total. The van der Waals surface area contributed by atoms with E-state index in [1.54, 1.807) is 0 Å². The van der Waals surface area contributed by atoms with Crippen molar-refractivity contribution in [3.8, 4) is 0 Å². The second kappa shape index (κ2) is 7.80. The highest BCUT2D eigenvalue weighted by molar-refractivity contribution is 7.93. The highest BCUT2D eigenvalue weighted by atomic mass is 32.2. The third-order valence-corrected chi connectivity index (χ3v) is 5.80. The van der Waals surface area contributed by atoms with Crippen LogP contribution >= 0.6 is 0 Å². The normalized spacial score (nSPS) is 16.8. The van der Waals surface area contributed by atoms with Crippen LogP contribution in [0.15, 0.2) is 24.3 Å². The van der Waals surface area contributed by atoms with Gasteiger partial charge < -0.3 is 5.32 Å². The summed E-state index contributed by atoms with van der Waals surface area (Å²) in [6, 6.07) is 7.66. The molecule has 2 rings (SSSR count). The van der Waals surface area contributed by atoms with E-state index < -0.39 is 10.0 Å². The third kappa shape index (κ3) is 5.00. The molecular formula is C16H26N2O2S. The van der Waals surface area contributed by atoms with Crippen molar-refractivity contribution in [2.45, 2.75) is 57.2 Å². The lowest BCUT2D eigenvalue weighted by atomic mass is 10.0. The van der Waals surface area contributed by atoms with E-state index in [0.29, 0.717) is 5.69 Å². The molecular weight excluding hydrogens is 284 g/mol. The maximum atomic E-state index is 12.4. The summed E-state index contributed by atoms with van der Waals surface area (Å²) in [6.07, 6.45) is 5.86. The van der Waals surface area contributed by atoms with Crippen molar-refractivity contribution >= 4 is 15.7 Å². The van der Waals surface area contributed by atoms with Crippen LogP contribution in [0.4, 0.5) is 5.69 Å². The summed E-state index contributed by atoms with van der Waals surface area (Å²) in [5.41, 5.74) is 1.78. The van der Waals surface area contributed by atoms with E-state index in [2.05, 4.69) is 17.0 Å². The lowest BCUT2D eigenvalue weighted by Gasteiger charge is -2.22. The molecule has 0 atom stereocenters. The lowest BCUT2D eigenvalue weighted by Crippen LogP contribution is -2.29. The highest BCUT2D eigenvalue weighted by Crippen LogP contribution is 2.25. The fourth-order valence-corrected chi connectivity index (χ4v) is 4.35. The van der Waals surface area contributed by atoms with Crippen molar-refractivity contribution in [1.82, 2.24) is 5.32 Å². The minimum atomic E-state index is -3.25. The molecule has 118 valence electrons. The predicted molar refractivity (Wildman–Crippen MR) is 87.9 cm³/mol. The van der Waals surface area contributed by atoms with Gasteiger partial charge in [-0.1, -0.05) is 38.3 Å². The second-order valence-corrected chi connectivity index (χ2v) is 7.75. The van der Waals surface area contributed by atoms with E-state index in [-0.39, 0.29) is 5.25 Å². The maximum Gasteiger partial charge on any atom is 0.235 e. The quantitative estimate of drug-likeness (QED) is 0.760. The van der Waals surface area contributed by atoms with Gasteiger partial charge in [0.2, 0.25) is 10.0 Å². The Hall–Kier alpha value is -1.07. The van der Waals surface area contributed by atoms with Crippen LogP contribution in [0.3, 0.4) is 0 Å². The number of benzene rings is 1. The number of hydrogen-bond donors (Lipinski definition) is 2. The summed E-state index contributed by atoms with van der Waals surface area (Å²) in [6.45, 7) is 3.87. The molecule has 0 amide bonds. The zero-order valence-electron chi connectivity index (χ0n) is 12.8. The molecule has 1 saturated carbocycles. The molecule has 0 saturated heterocycles. The molecule has 0 aliphatic heterocycles. The molecule has 1 aromatic carbocycles. The molecule has 21 heavy (non-hydrogen) atoms. The number of hydrogen-bond acceptors (Lipinski definition) is 3. The highest BCUT2D eigenvalue weighted by Gasteiger charge is 2.27. The molecule has 1 aromatic rings. The van der Waals surface area contributed by atoms with Gasteiger partial charge in [-0.05, 0) is 43.5 Å². The van der Waals surface area contributed by atoms with Gasteiger partial charge in [0.1, 0.15) is 0 Å². The van der Waals surface area contributed by atoms with Crippen molar-refractivity contribution in [3.05, 3.63) is 29.8 Å². The Morgan fingerprint density at radius 1 is 1.19 bits per heavy atom. The van der Waals surface area contributed by atoms with Crippen LogP contribution in [-0.4, -0.2) is 20.2 Å². The first-order valence-corrected chi connectivity index (χ1v) is 9.48. The lowest BCUT2D eigenvalue weighted by molar-refractivity contribution is 0.486. The Labute approximate surface area is 128 Å². The Morgan fingerprint density at radius 3 is 2.67 bits per heavy atom. The van der Waals surface area contributed by atoms with Crippen molar-refractivity contribution < 1.29 is 8.42 Å². The Morgan fingerprint density at radius 2 is 1.95 bits per heavy atom. The van der Waals surface area contributed by atoms with Crippen LogP contribution < -0.4 is 10.0 Å². The van der Waals surface area contributed by atoms with Gasteiger partial charge in [-0.25, -0.2) is 8.42 Å². The smallest absolute Gasteiger partial charge is 0.235 e. The van der Waals surface area contributed by atoms with Gasteiger partial charge in [0.05, 0.1) is 5.25 Å². The molecule has 2 N–H and O–H groups in total. The first-order chi connectivity index (χ1) is 10.1. The van der Waals surface area contributed by atoms with Gasteiger partial charge in [0, 0.05) is 12.2 Å². The monoisotopic (exact) mass is 310 g/mol. The van der Waals surface area contributed by atoms with Crippen molar-refractivity contribution in [1.29, 1.82) is 0 Å². The zero-order chi connectivity index (χ0) is 15.1. The molecule has 0 radical (unpaired) electrons. The van der Waals surface area contributed by atoms with Crippen LogP contribution in [-0.2, 0) is 16.6 Å². The van der Waals surface area contributed by atoms with E-state index >= 15 is 0 Å². The number of nitrogens with one attached hydrogen (secondary N) is 2. The minimum Gasteiger partial charge on any atom is -0.313 e. The van der Waals surface area contributed by atoms with Crippen LogP contribution in [0.25, 0.3) is 0 Å². The van der Waals surface area contributed by atoms with Crippen molar-refractivity contribution in [2.75, 3.05) is 11.3 Å². The van der Waals surface area contributed by atoms with Gasteiger partial charge >= 0.3 is 0 Å². The fraction of sp³-hybridized carbons (Fsp3) is 0.625. The second-order valence-electron chi connectivity index (χ2n) is 5.78. The summed E-state index contributed by atoms with van der Waals surface area (Å²) in [5.74, 6) is 0. The van der Waals surface area contributed by atoms with Gasteiger partial charge in [-0.3, -0.25) is 4.72 Å². The first kappa shape index (κ1) is 16.3. The fourth-order valence-electron chi connectivity index (χ4n) is 2.78. The van der Waals surface area contributed by atoms with Gasteiger partial charge in [0.15, 0.2) is 0 Å². The average Bonchev–Trinajstić information content (AvgIpc) is 2.48. The van der Waals surface area contributed by atoms with Gasteiger partial charge in [-0.15, -0.1) is 0 Å². The molecule has 0 spiro atoms. The summed E-state index contributed by atoms with van der Waals surface area (Å²) in [7, 11) is -3.25. The van der Waals surface area contributed by atoms with Crippen molar-refractivity contribution in [3.63, 3.8) is 0 Å². The van der Waals surface area contributed by atoms with Crippen LogP contribution in [0, 0.1) is 0 Å². The Kier molecular flexibility index (Phi) is 6.06. The zero-order valence-corrected chi connectivity index (χ0v) is 13.6. The van der Waals surface area contributed by atoms with E-state index in [9.17, 15) is 8.42 Å². The topological polar surface area (TPSA) is 58.2 Å². The molecule has 5 heteroatoms. The number of anilines is 1. The summed E-state index contributed by atoms with van der Waals surface area (Å²) >= 11 is 0. The summed E-state index contributed by atoms with van der Waals surface area (Å²) in [5, 5.41) is 3.10. The molecule has 0 bridgehead atoms. The molecule has 1 fully saturated rings. The minimum absolute atomic E-state index is 0.229. The largest absolute Gasteiger partial charge is 0.313 e. The SMILES string of the molecule is CCCNCc1cccc(NS(=O)(=O)C2CCCCC2)c1. The third-order valence-electron chi connectivity index (χ3n) is 3.93. The Bertz CT molecular complexity index is 537. The van der Waals surface area contributed by atoms with E-state index in [0.717, 1.165) is 57.2 Å².